The van der Waals surface area contributed by atoms with E-state index in [1.54, 1.807) is 24.3 Å². The molecule has 2 N–H and O–H groups in total. The van der Waals surface area contributed by atoms with E-state index in [4.69, 9.17) is 4.74 Å². The average Bonchev–Trinajstić information content (AvgIpc) is 3.38. The highest BCUT2D eigenvalue weighted by Gasteiger charge is 2.31. The Labute approximate surface area is 148 Å². The standard InChI is InChI=1S/C19H16F2N2O3/c20-12-7-14(21)17-15(9-26-16(17)8-12)23-19(25)11-2-1-3-13(6-11)22-18(24)10-4-5-10/h1-3,6-8,10,15H,4-5,9H2,(H,22,24)(H,23,25)/t15-/m0/s1. The van der Waals surface area contributed by atoms with Gasteiger partial charge in [-0.15, -0.1) is 0 Å². The Morgan fingerprint density at radius 1 is 1.12 bits per heavy atom. The molecule has 0 unspecified atom stereocenters. The normalized spacial score (nSPS) is 18.0. The molecule has 5 nitrogen and oxygen atoms in total. The van der Waals surface area contributed by atoms with Crippen LogP contribution in [0.3, 0.4) is 0 Å². The van der Waals surface area contributed by atoms with Crippen molar-refractivity contribution >= 4 is 17.5 Å². The summed E-state index contributed by atoms with van der Waals surface area (Å²) in [6.45, 7) is 0.0273. The summed E-state index contributed by atoms with van der Waals surface area (Å²) in [5.41, 5.74) is 0.999. The van der Waals surface area contributed by atoms with Gasteiger partial charge < -0.3 is 15.4 Å². The number of hydrogen-bond donors (Lipinski definition) is 2. The van der Waals surface area contributed by atoms with Gasteiger partial charge in [0.15, 0.2) is 0 Å². The van der Waals surface area contributed by atoms with E-state index >= 15 is 0 Å². The molecule has 2 aromatic carbocycles. The molecule has 0 saturated heterocycles. The highest BCUT2D eigenvalue weighted by Crippen LogP contribution is 2.35. The first kappa shape index (κ1) is 16.5. The molecule has 1 saturated carbocycles. The molecule has 0 bridgehead atoms. The minimum absolute atomic E-state index is 0.0273. The summed E-state index contributed by atoms with van der Waals surface area (Å²) < 4.78 is 32.5. The molecule has 1 atom stereocenters. The number of nitrogens with one attached hydrogen (secondary N) is 2. The lowest BCUT2D eigenvalue weighted by Crippen LogP contribution is -2.30. The number of halogens is 2. The molecule has 0 spiro atoms. The van der Waals surface area contributed by atoms with Crippen LogP contribution in [-0.2, 0) is 4.79 Å². The van der Waals surface area contributed by atoms with Crippen molar-refractivity contribution in [2.45, 2.75) is 18.9 Å². The van der Waals surface area contributed by atoms with Crippen molar-refractivity contribution in [3.8, 4) is 5.75 Å². The van der Waals surface area contributed by atoms with Gasteiger partial charge in [0.05, 0.1) is 11.6 Å². The van der Waals surface area contributed by atoms with Gasteiger partial charge in [-0.1, -0.05) is 6.07 Å². The Balaban J connectivity index is 1.49. The summed E-state index contributed by atoms with van der Waals surface area (Å²) in [4.78, 5) is 24.3. The van der Waals surface area contributed by atoms with Gasteiger partial charge in [0.1, 0.15) is 24.0 Å². The van der Waals surface area contributed by atoms with E-state index < -0.39 is 23.6 Å². The third kappa shape index (κ3) is 3.24. The first-order valence-electron chi connectivity index (χ1n) is 8.35. The fourth-order valence-corrected chi connectivity index (χ4v) is 2.96. The van der Waals surface area contributed by atoms with Gasteiger partial charge in [0.2, 0.25) is 5.91 Å². The van der Waals surface area contributed by atoms with Crippen LogP contribution in [0.1, 0.15) is 34.8 Å². The molecular formula is C19H16F2N2O3. The number of fused-ring (bicyclic) bond motifs is 1. The van der Waals surface area contributed by atoms with Crippen LogP contribution in [0.4, 0.5) is 14.5 Å². The monoisotopic (exact) mass is 358 g/mol. The zero-order chi connectivity index (χ0) is 18.3. The van der Waals surface area contributed by atoms with Crippen molar-refractivity contribution in [3.63, 3.8) is 0 Å². The maximum absolute atomic E-state index is 14.0. The summed E-state index contributed by atoms with van der Waals surface area (Å²) in [7, 11) is 0. The number of ether oxygens (including phenoxy) is 1. The van der Waals surface area contributed by atoms with Crippen LogP contribution in [0.5, 0.6) is 5.75 Å². The zero-order valence-electron chi connectivity index (χ0n) is 13.7. The maximum atomic E-state index is 14.0. The molecule has 26 heavy (non-hydrogen) atoms. The van der Waals surface area contributed by atoms with Crippen LogP contribution in [-0.4, -0.2) is 18.4 Å². The van der Waals surface area contributed by atoms with Crippen LogP contribution in [0.15, 0.2) is 36.4 Å². The Morgan fingerprint density at radius 2 is 1.92 bits per heavy atom. The summed E-state index contributed by atoms with van der Waals surface area (Å²) in [5, 5.41) is 5.47. The summed E-state index contributed by atoms with van der Waals surface area (Å²) >= 11 is 0. The molecule has 0 aromatic heterocycles. The van der Waals surface area contributed by atoms with Crippen LogP contribution in [0.2, 0.25) is 0 Å². The highest BCUT2D eigenvalue weighted by atomic mass is 19.1. The van der Waals surface area contributed by atoms with E-state index in [1.807, 2.05) is 0 Å². The van der Waals surface area contributed by atoms with E-state index in [-0.39, 0.29) is 29.7 Å². The number of rotatable bonds is 4. The van der Waals surface area contributed by atoms with E-state index in [9.17, 15) is 18.4 Å². The van der Waals surface area contributed by atoms with Crippen LogP contribution >= 0.6 is 0 Å². The molecule has 4 rings (SSSR count). The SMILES string of the molecule is O=C(N[C@H]1COc2cc(F)cc(F)c21)c1cccc(NC(=O)C2CC2)c1. The number of hydrogen-bond acceptors (Lipinski definition) is 3. The number of benzene rings is 2. The third-order valence-electron chi connectivity index (χ3n) is 4.46. The van der Waals surface area contributed by atoms with Crippen LogP contribution < -0.4 is 15.4 Å². The predicted octanol–water partition coefficient (Wildman–Crippen LogP) is 3.18. The van der Waals surface area contributed by atoms with Crippen molar-refractivity contribution in [2.24, 2.45) is 5.92 Å². The largest absolute Gasteiger partial charge is 0.490 e. The van der Waals surface area contributed by atoms with E-state index in [0.717, 1.165) is 25.0 Å². The molecule has 2 aromatic rings. The number of carbonyl (C=O) groups excluding carboxylic acids is 2. The van der Waals surface area contributed by atoms with Crippen LogP contribution in [0.25, 0.3) is 0 Å². The van der Waals surface area contributed by atoms with Crippen molar-refractivity contribution in [2.75, 3.05) is 11.9 Å². The van der Waals surface area contributed by atoms with E-state index in [1.165, 1.54) is 0 Å². The molecule has 134 valence electrons. The molecule has 7 heteroatoms. The fraction of sp³-hybridized carbons (Fsp3) is 0.263. The zero-order valence-corrected chi connectivity index (χ0v) is 13.7. The second-order valence-corrected chi connectivity index (χ2v) is 6.48. The van der Waals surface area contributed by atoms with Crippen molar-refractivity contribution in [3.05, 3.63) is 59.2 Å². The summed E-state index contributed by atoms with van der Waals surface area (Å²) in [6.07, 6.45) is 1.78. The molecular weight excluding hydrogens is 342 g/mol. The second-order valence-electron chi connectivity index (χ2n) is 6.48. The van der Waals surface area contributed by atoms with Crippen LogP contribution in [0, 0.1) is 17.6 Å². The summed E-state index contributed by atoms with van der Waals surface area (Å²) in [6, 6.07) is 7.68. The fourth-order valence-electron chi connectivity index (χ4n) is 2.96. The number of amides is 2. The molecule has 1 aliphatic heterocycles. The van der Waals surface area contributed by atoms with Gasteiger partial charge in [-0.2, -0.15) is 0 Å². The summed E-state index contributed by atoms with van der Waals surface area (Å²) in [5.74, 6) is -1.82. The Morgan fingerprint density at radius 3 is 2.69 bits per heavy atom. The Bertz CT molecular complexity index is 896. The number of carbonyl (C=O) groups is 2. The average molecular weight is 358 g/mol. The van der Waals surface area contributed by atoms with Gasteiger partial charge >= 0.3 is 0 Å². The van der Waals surface area contributed by atoms with E-state index in [2.05, 4.69) is 10.6 Å². The lowest BCUT2D eigenvalue weighted by atomic mass is 10.1. The van der Waals surface area contributed by atoms with Gasteiger partial charge in [0, 0.05) is 29.3 Å². The van der Waals surface area contributed by atoms with Crippen molar-refractivity contribution < 1.29 is 23.1 Å². The minimum atomic E-state index is -0.756. The molecule has 2 aliphatic rings. The Hall–Kier alpha value is -2.96. The van der Waals surface area contributed by atoms with Gasteiger partial charge in [0.25, 0.3) is 5.91 Å². The molecule has 1 fully saturated rings. The van der Waals surface area contributed by atoms with Gasteiger partial charge in [-0.05, 0) is 31.0 Å². The van der Waals surface area contributed by atoms with Crippen molar-refractivity contribution in [1.82, 2.24) is 5.32 Å². The first-order valence-corrected chi connectivity index (χ1v) is 8.35. The second kappa shape index (κ2) is 6.40. The van der Waals surface area contributed by atoms with E-state index in [0.29, 0.717) is 11.3 Å². The van der Waals surface area contributed by atoms with Crippen molar-refractivity contribution in [1.29, 1.82) is 0 Å². The maximum Gasteiger partial charge on any atom is 0.251 e. The molecule has 2 amide bonds. The Kier molecular flexibility index (Phi) is 4.06. The smallest absolute Gasteiger partial charge is 0.251 e. The molecule has 1 aliphatic carbocycles. The predicted molar refractivity (Wildman–Crippen MR) is 89.9 cm³/mol. The minimum Gasteiger partial charge on any atom is -0.490 e. The third-order valence-corrected chi connectivity index (χ3v) is 4.46. The number of anilines is 1. The highest BCUT2D eigenvalue weighted by molar-refractivity contribution is 5.98. The van der Waals surface area contributed by atoms with Gasteiger partial charge in [-0.25, -0.2) is 8.78 Å². The lowest BCUT2D eigenvalue weighted by molar-refractivity contribution is -0.117. The topological polar surface area (TPSA) is 67.4 Å². The quantitative estimate of drug-likeness (QED) is 0.882. The molecule has 0 radical (unpaired) electrons. The van der Waals surface area contributed by atoms with Gasteiger partial charge in [-0.3, -0.25) is 9.59 Å². The first-order chi connectivity index (χ1) is 12.5. The molecule has 1 heterocycles. The lowest BCUT2D eigenvalue weighted by Gasteiger charge is -2.13.